The summed E-state index contributed by atoms with van der Waals surface area (Å²) in [5.41, 5.74) is -0.622. The molecule has 42 heavy (non-hydrogen) atoms. The molecule has 0 unspecified atom stereocenters. The number of ketones is 2. The topological polar surface area (TPSA) is 253 Å². The van der Waals surface area contributed by atoms with Gasteiger partial charge < -0.3 is 64.9 Å². The Morgan fingerprint density at radius 3 is 1.95 bits per heavy atom. The molecule has 0 bridgehead atoms. The Hall–Kier alpha value is -3.22. The van der Waals surface area contributed by atoms with Crippen LogP contribution in [0.25, 0.3) is 0 Å². The number of benzene rings is 2. The Bertz CT molecular complexity index is 1380. The standard InChI is InChI=1S/C27H30O15/c1-8-2-10-17(21(35)16-11(18(10)32)4-9(30)5-12(16)31)13(3-8)39-27-25(23(37)20(34)15(7-29)41-27)42-26-24(38)22(36)19(33)14(6-28)40-26/h2-5,14-15,19-20,22-31,33-34,36-38H,6-7H2,1H3/t14-,15-,19-,20-,22+,23+,24-,25-,26+,27-/m1/s1. The van der Waals surface area contributed by atoms with Crippen LogP contribution in [0.3, 0.4) is 0 Å². The van der Waals surface area contributed by atoms with E-state index in [4.69, 9.17) is 18.9 Å². The first-order chi connectivity index (χ1) is 19.9. The summed E-state index contributed by atoms with van der Waals surface area (Å²) in [6.07, 6.45) is -17.2. The van der Waals surface area contributed by atoms with Gasteiger partial charge in [0.15, 0.2) is 18.2 Å². The summed E-state index contributed by atoms with van der Waals surface area (Å²) in [6, 6.07) is 4.68. The Balaban J connectivity index is 1.53. The third kappa shape index (κ3) is 5.03. The van der Waals surface area contributed by atoms with Gasteiger partial charge in [0.05, 0.1) is 24.3 Å². The molecule has 2 aliphatic heterocycles. The van der Waals surface area contributed by atoms with Gasteiger partial charge in [-0.3, -0.25) is 9.59 Å². The van der Waals surface area contributed by atoms with Crippen LogP contribution in [0.1, 0.15) is 37.4 Å². The largest absolute Gasteiger partial charge is 0.508 e. The van der Waals surface area contributed by atoms with Crippen LogP contribution in [-0.2, 0) is 14.2 Å². The minimum absolute atomic E-state index is 0.131. The molecular formula is C27H30O15. The van der Waals surface area contributed by atoms with Crippen molar-refractivity contribution in [2.45, 2.75) is 68.3 Å². The fourth-order valence-electron chi connectivity index (χ4n) is 5.31. The van der Waals surface area contributed by atoms with Gasteiger partial charge in [-0.25, -0.2) is 0 Å². The van der Waals surface area contributed by atoms with Gasteiger partial charge in [-0.05, 0) is 30.7 Å². The Morgan fingerprint density at radius 1 is 0.714 bits per heavy atom. The molecule has 5 rings (SSSR count). The minimum Gasteiger partial charge on any atom is -0.508 e. The molecule has 2 aromatic carbocycles. The molecule has 0 spiro atoms. The monoisotopic (exact) mass is 594 g/mol. The van der Waals surface area contributed by atoms with Crippen LogP contribution >= 0.6 is 0 Å². The molecule has 228 valence electrons. The molecule has 10 atom stereocenters. The van der Waals surface area contributed by atoms with Gasteiger partial charge in [-0.2, -0.15) is 0 Å². The second-order valence-electron chi connectivity index (χ2n) is 10.4. The Morgan fingerprint density at radius 2 is 1.31 bits per heavy atom. The van der Waals surface area contributed by atoms with E-state index in [2.05, 4.69) is 0 Å². The number of hydrogen-bond donors (Lipinski definition) is 9. The van der Waals surface area contributed by atoms with E-state index in [1.54, 1.807) is 6.92 Å². The van der Waals surface area contributed by atoms with Crippen molar-refractivity contribution in [3.8, 4) is 17.2 Å². The van der Waals surface area contributed by atoms with Gasteiger partial charge in [0.25, 0.3) is 0 Å². The van der Waals surface area contributed by atoms with Crippen LogP contribution in [0.15, 0.2) is 24.3 Å². The number of aliphatic hydroxyl groups excluding tert-OH is 7. The zero-order chi connectivity index (χ0) is 30.6. The zero-order valence-electron chi connectivity index (χ0n) is 22.0. The lowest BCUT2D eigenvalue weighted by atomic mass is 9.82. The molecule has 3 aliphatic rings. The zero-order valence-corrected chi connectivity index (χ0v) is 22.0. The number of hydrogen-bond acceptors (Lipinski definition) is 15. The fourth-order valence-corrected chi connectivity index (χ4v) is 5.31. The first-order valence-electron chi connectivity index (χ1n) is 12.9. The number of aryl methyl sites for hydroxylation is 1. The minimum atomic E-state index is -1.90. The Labute approximate surface area is 237 Å². The van der Waals surface area contributed by atoms with Crippen molar-refractivity contribution in [2.75, 3.05) is 13.2 Å². The summed E-state index contributed by atoms with van der Waals surface area (Å²) < 4.78 is 22.6. The van der Waals surface area contributed by atoms with Gasteiger partial charge in [-0.15, -0.1) is 0 Å². The Kier molecular flexibility index (Phi) is 8.25. The number of aliphatic hydroxyl groups is 7. The average molecular weight is 595 g/mol. The maximum Gasteiger partial charge on any atom is 0.229 e. The highest BCUT2D eigenvalue weighted by Gasteiger charge is 2.51. The molecule has 0 radical (unpaired) electrons. The first kappa shape index (κ1) is 30.2. The van der Waals surface area contributed by atoms with Crippen molar-refractivity contribution in [3.05, 3.63) is 52.1 Å². The third-order valence-corrected chi connectivity index (χ3v) is 7.50. The summed E-state index contributed by atoms with van der Waals surface area (Å²) >= 11 is 0. The number of aromatic hydroxyl groups is 2. The molecule has 0 saturated carbocycles. The van der Waals surface area contributed by atoms with Crippen molar-refractivity contribution in [1.29, 1.82) is 0 Å². The molecule has 9 N–H and O–H groups in total. The van der Waals surface area contributed by atoms with Crippen molar-refractivity contribution < 1.29 is 74.5 Å². The molecular weight excluding hydrogens is 564 g/mol. The maximum absolute atomic E-state index is 13.6. The van der Waals surface area contributed by atoms with E-state index in [9.17, 15) is 55.5 Å². The average Bonchev–Trinajstić information content (AvgIpc) is 2.94. The number of carbonyl (C=O) groups is 2. The van der Waals surface area contributed by atoms with Gasteiger partial charge in [0.1, 0.15) is 60.0 Å². The van der Waals surface area contributed by atoms with Crippen molar-refractivity contribution in [3.63, 3.8) is 0 Å². The van der Waals surface area contributed by atoms with Crippen LogP contribution in [-0.4, -0.2) is 132 Å². The van der Waals surface area contributed by atoms with Gasteiger partial charge in [0, 0.05) is 17.2 Å². The SMILES string of the molecule is Cc1cc(O[C@@H]2O[C@H](CO)[C@@H](O)[C@H](O)[C@H]2O[C@@H]2O[C@H](CO)[C@@H](O)[C@H](O)[C@H]2O)c2c(c1)C(=O)c1cc(O)cc(O)c1C2=O. The summed E-state index contributed by atoms with van der Waals surface area (Å²) in [5, 5.41) is 91.5. The lowest BCUT2D eigenvalue weighted by molar-refractivity contribution is -0.357. The number of phenolic OH excluding ortho intramolecular Hbond substituents is 2. The fraction of sp³-hybridized carbons (Fsp3) is 0.481. The second-order valence-corrected chi connectivity index (χ2v) is 10.4. The van der Waals surface area contributed by atoms with E-state index >= 15 is 0 Å². The highest BCUT2D eigenvalue weighted by atomic mass is 16.8. The van der Waals surface area contributed by atoms with Gasteiger partial charge in [0.2, 0.25) is 12.1 Å². The van der Waals surface area contributed by atoms with Crippen molar-refractivity contribution >= 4 is 11.6 Å². The van der Waals surface area contributed by atoms with E-state index in [1.165, 1.54) is 12.1 Å². The summed E-state index contributed by atoms with van der Waals surface area (Å²) in [7, 11) is 0. The number of ether oxygens (including phenoxy) is 4. The molecule has 2 heterocycles. The summed E-state index contributed by atoms with van der Waals surface area (Å²) in [4.78, 5) is 26.9. The number of carbonyl (C=O) groups excluding carboxylic acids is 2. The van der Waals surface area contributed by atoms with E-state index in [0.29, 0.717) is 5.56 Å². The lowest BCUT2D eigenvalue weighted by Gasteiger charge is -2.46. The highest BCUT2D eigenvalue weighted by Crippen LogP contribution is 2.41. The highest BCUT2D eigenvalue weighted by molar-refractivity contribution is 6.30. The summed E-state index contributed by atoms with van der Waals surface area (Å²) in [6.45, 7) is 0.0133. The molecule has 2 saturated heterocycles. The molecule has 2 fully saturated rings. The van der Waals surface area contributed by atoms with E-state index < -0.39 is 97.7 Å². The smallest absolute Gasteiger partial charge is 0.229 e. The molecule has 0 amide bonds. The molecule has 2 aromatic rings. The quantitative estimate of drug-likeness (QED) is 0.140. The molecule has 0 aromatic heterocycles. The molecule has 1 aliphatic carbocycles. The van der Waals surface area contributed by atoms with Crippen molar-refractivity contribution in [1.82, 2.24) is 0 Å². The van der Waals surface area contributed by atoms with Crippen LogP contribution in [0.5, 0.6) is 17.2 Å². The maximum atomic E-state index is 13.6. The second kappa shape index (κ2) is 11.5. The van der Waals surface area contributed by atoms with Gasteiger partial charge in [-0.1, -0.05) is 0 Å². The number of phenols is 2. The third-order valence-electron chi connectivity index (χ3n) is 7.50. The van der Waals surface area contributed by atoms with Crippen LogP contribution in [0.2, 0.25) is 0 Å². The normalized spacial score (nSPS) is 34.6. The van der Waals surface area contributed by atoms with Gasteiger partial charge >= 0.3 is 0 Å². The molecule has 15 heteroatoms. The van der Waals surface area contributed by atoms with E-state index in [0.717, 1.165) is 12.1 Å². The number of fused-ring (bicyclic) bond motifs is 2. The summed E-state index contributed by atoms with van der Waals surface area (Å²) in [5.74, 6) is -2.91. The van der Waals surface area contributed by atoms with Crippen LogP contribution < -0.4 is 4.74 Å². The van der Waals surface area contributed by atoms with E-state index in [-0.39, 0.29) is 28.0 Å². The first-order valence-corrected chi connectivity index (χ1v) is 12.9. The molecule has 15 nitrogen and oxygen atoms in total. The number of rotatable bonds is 6. The lowest BCUT2D eigenvalue weighted by Crippen LogP contribution is -2.65. The predicted molar refractivity (Wildman–Crippen MR) is 135 cm³/mol. The van der Waals surface area contributed by atoms with E-state index in [1.807, 2.05) is 0 Å². The predicted octanol–water partition coefficient (Wildman–Crippen LogP) is -2.82. The van der Waals surface area contributed by atoms with Crippen LogP contribution in [0, 0.1) is 6.92 Å². The van der Waals surface area contributed by atoms with Crippen molar-refractivity contribution in [2.24, 2.45) is 0 Å². The van der Waals surface area contributed by atoms with Crippen LogP contribution in [0.4, 0.5) is 0 Å².